The van der Waals surface area contributed by atoms with Crippen LogP contribution in [0.3, 0.4) is 0 Å². The van der Waals surface area contributed by atoms with Crippen LogP contribution in [0, 0.1) is 12.7 Å². The van der Waals surface area contributed by atoms with Gasteiger partial charge < -0.3 is 5.32 Å². The quantitative estimate of drug-likeness (QED) is 0.725. The minimum Gasteiger partial charge on any atom is -0.379 e. The summed E-state index contributed by atoms with van der Waals surface area (Å²) in [5, 5.41) is 3.68. The second-order valence-electron chi connectivity index (χ2n) is 4.18. The van der Waals surface area contributed by atoms with Gasteiger partial charge in [0.1, 0.15) is 5.82 Å². The Hall–Kier alpha value is -0.770. The fourth-order valence-corrected chi connectivity index (χ4v) is 2.56. The van der Waals surface area contributed by atoms with E-state index in [-0.39, 0.29) is 10.0 Å². The van der Waals surface area contributed by atoms with E-state index in [0.717, 1.165) is 15.6 Å². The Morgan fingerprint density at radius 1 is 1.16 bits per heavy atom. The Bertz CT molecular complexity index is 593. The normalized spacial score (nSPS) is 10.6. The Morgan fingerprint density at radius 3 is 2.37 bits per heavy atom. The van der Waals surface area contributed by atoms with Gasteiger partial charge in [-0.05, 0) is 36.2 Å². The molecule has 0 saturated heterocycles. The molecule has 1 nitrogen and oxygen atoms in total. The fraction of sp³-hybridized carbons (Fsp3) is 0.143. The van der Waals surface area contributed by atoms with Gasteiger partial charge in [-0.1, -0.05) is 51.3 Å². The van der Waals surface area contributed by atoms with E-state index in [1.165, 1.54) is 12.1 Å². The molecule has 2 aromatic carbocycles. The van der Waals surface area contributed by atoms with Crippen LogP contribution in [0.15, 0.2) is 34.8 Å². The minimum absolute atomic E-state index is 0.277. The topological polar surface area (TPSA) is 12.0 Å². The van der Waals surface area contributed by atoms with E-state index in [2.05, 4.69) is 27.3 Å². The molecule has 0 radical (unpaired) electrons. The predicted octanol–water partition coefficient (Wildman–Crippen LogP) is 5.82. The van der Waals surface area contributed by atoms with E-state index < -0.39 is 5.82 Å². The summed E-state index contributed by atoms with van der Waals surface area (Å²) in [6, 6.07) is 8.52. The van der Waals surface area contributed by atoms with Gasteiger partial charge in [0.2, 0.25) is 0 Å². The average Bonchev–Trinajstić information content (AvgIpc) is 2.32. The van der Waals surface area contributed by atoms with Gasteiger partial charge in [-0.15, -0.1) is 0 Å². The highest BCUT2D eigenvalue weighted by molar-refractivity contribution is 9.10. The van der Waals surface area contributed by atoms with Crippen LogP contribution >= 0.6 is 39.1 Å². The van der Waals surface area contributed by atoms with Crippen LogP contribution in [0.4, 0.5) is 10.1 Å². The molecule has 0 aliphatic rings. The molecule has 0 aromatic heterocycles. The maximum Gasteiger partial charge on any atom is 0.126 e. The van der Waals surface area contributed by atoms with Crippen molar-refractivity contribution in [1.82, 2.24) is 0 Å². The lowest BCUT2D eigenvalue weighted by Gasteiger charge is -2.11. The first-order valence-electron chi connectivity index (χ1n) is 5.61. The van der Waals surface area contributed by atoms with Crippen LogP contribution in [-0.2, 0) is 6.54 Å². The van der Waals surface area contributed by atoms with E-state index in [0.29, 0.717) is 12.2 Å². The minimum atomic E-state index is -0.444. The number of anilines is 1. The van der Waals surface area contributed by atoms with E-state index in [1.807, 2.05) is 19.1 Å². The summed E-state index contributed by atoms with van der Waals surface area (Å²) >= 11 is 15.4. The van der Waals surface area contributed by atoms with Gasteiger partial charge in [-0.3, -0.25) is 0 Å². The van der Waals surface area contributed by atoms with E-state index >= 15 is 0 Å². The Balaban J connectivity index is 2.16. The van der Waals surface area contributed by atoms with Crippen LogP contribution in [0.25, 0.3) is 0 Å². The Morgan fingerprint density at radius 2 is 1.79 bits per heavy atom. The van der Waals surface area contributed by atoms with Crippen molar-refractivity contribution in [3.63, 3.8) is 0 Å². The summed E-state index contributed by atoms with van der Waals surface area (Å²) in [5.74, 6) is -0.444. The lowest BCUT2D eigenvalue weighted by Crippen LogP contribution is -2.01. The van der Waals surface area contributed by atoms with Gasteiger partial charge in [-0.2, -0.15) is 0 Å². The monoisotopic (exact) mass is 361 g/mol. The highest BCUT2D eigenvalue weighted by Gasteiger charge is 2.08. The molecular formula is C14H11BrCl2FN. The molecule has 0 unspecified atom stereocenters. The first-order chi connectivity index (χ1) is 8.97. The van der Waals surface area contributed by atoms with Crippen LogP contribution in [-0.4, -0.2) is 0 Å². The number of halogens is 4. The van der Waals surface area contributed by atoms with Gasteiger partial charge in [0.05, 0.1) is 15.7 Å². The molecule has 100 valence electrons. The number of aryl methyl sites for hydroxylation is 1. The molecule has 2 aromatic rings. The summed E-state index contributed by atoms with van der Waals surface area (Å²) in [5.41, 5.74) is 2.79. The zero-order valence-corrected chi connectivity index (χ0v) is 13.2. The van der Waals surface area contributed by atoms with Gasteiger partial charge in [0, 0.05) is 11.0 Å². The van der Waals surface area contributed by atoms with Crippen LogP contribution in [0.1, 0.15) is 11.1 Å². The summed E-state index contributed by atoms with van der Waals surface area (Å²) in [6.45, 7) is 2.59. The zero-order valence-electron chi connectivity index (χ0n) is 10.1. The second kappa shape index (κ2) is 6.12. The SMILES string of the molecule is Cc1cc(CNc2c(Cl)cc(F)cc2Cl)ccc1Br. The van der Waals surface area contributed by atoms with E-state index in [9.17, 15) is 4.39 Å². The summed E-state index contributed by atoms with van der Waals surface area (Å²) in [6.07, 6.45) is 0. The van der Waals surface area contributed by atoms with Crippen molar-refractivity contribution in [1.29, 1.82) is 0 Å². The summed E-state index contributed by atoms with van der Waals surface area (Å²) in [4.78, 5) is 0. The standard InChI is InChI=1S/C14H11BrCl2FN/c1-8-4-9(2-3-11(8)15)7-19-14-12(16)5-10(18)6-13(14)17/h2-6,19H,7H2,1H3. The molecule has 0 saturated carbocycles. The van der Waals surface area contributed by atoms with Crippen molar-refractivity contribution in [3.8, 4) is 0 Å². The maximum absolute atomic E-state index is 13.1. The molecule has 19 heavy (non-hydrogen) atoms. The van der Waals surface area contributed by atoms with Crippen molar-refractivity contribution in [3.05, 3.63) is 61.8 Å². The Kier molecular flexibility index (Phi) is 4.71. The molecule has 0 heterocycles. The molecule has 1 N–H and O–H groups in total. The third-order valence-corrected chi connectivity index (χ3v) is 4.18. The zero-order chi connectivity index (χ0) is 14.0. The molecule has 0 spiro atoms. The summed E-state index contributed by atoms with van der Waals surface area (Å²) in [7, 11) is 0. The van der Waals surface area contributed by atoms with Crippen molar-refractivity contribution < 1.29 is 4.39 Å². The lowest BCUT2D eigenvalue weighted by atomic mass is 10.1. The van der Waals surface area contributed by atoms with Gasteiger partial charge >= 0.3 is 0 Å². The number of nitrogens with one attached hydrogen (secondary N) is 1. The van der Waals surface area contributed by atoms with Crippen molar-refractivity contribution >= 4 is 44.8 Å². The first-order valence-corrected chi connectivity index (χ1v) is 7.15. The van der Waals surface area contributed by atoms with Crippen LogP contribution < -0.4 is 5.32 Å². The fourth-order valence-electron chi connectivity index (χ4n) is 1.72. The van der Waals surface area contributed by atoms with Crippen molar-refractivity contribution in [2.75, 3.05) is 5.32 Å². The second-order valence-corrected chi connectivity index (χ2v) is 5.85. The lowest BCUT2D eigenvalue weighted by molar-refractivity contribution is 0.628. The number of hydrogen-bond donors (Lipinski definition) is 1. The third kappa shape index (κ3) is 3.62. The number of rotatable bonds is 3. The number of hydrogen-bond acceptors (Lipinski definition) is 1. The van der Waals surface area contributed by atoms with Gasteiger partial charge in [-0.25, -0.2) is 4.39 Å². The molecule has 0 amide bonds. The van der Waals surface area contributed by atoms with Crippen LogP contribution in [0.2, 0.25) is 10.0 Å². The summed E-state index contributed by atoms with van der Waals surface area (Å²) < 4.78 is 14.1. The number of benzene rings is 2. The predicted molar refractivity (Wildman–Crippen MR) is 82.6 cm³/mol. The van der Waals surface area contributed by atoms with Crippen LogP contribution in [0.5, 0.6) is 0 Å². The molecule has 0 atom stereocenters. The molecular weight excluding hydrogens is 352 g/mol. The smallest absolute Gasteiger partial charge is 0.126 e. The highest BCUT2D eigenvalue weighted by atomic mass is 79.9. The Labute approximate surface area is 129 Å². The molecule has 5 heteroatoms. The molecule has 0 aliphatic heterocycles. The van der Waals surface area contributed by atoms with E-state index in [4.69, 9.17) is 23.2 Å². The molecule has 0 fully saturated rings. The van der Waals surface area contributed by atoms with Gasteiger partial charge in [0.15, 0.2) is 0 Å². The van der Waals surface area contributed by atoms with Crippen molar-refractivity contribution in [2.24, 2.45) is 0 Å². The first kappa shape index (κ1) is 14.6. The highest BCUT2D eigenvalue weighted by Crippen LogP contribution is 2.31. The largest absolute Gasteiger partial charge is 0.379 e. The van der Waals surface area contributed by atoms with E-state index in [1.54, 1.807) is 0 Å². The average molecular weight is 363 g/mol. The molecule has 0 aliphatic carbocycles. The van der Waals surface area contributed by atoms with Crippen molar-refractivity contribution in [2.45, 2.75) is 13.5 Å². The maximum atomic E-state index is 13.1. The third-order valence-electron chi connectivity index (χ3n) is 2.70. The molecule has 2 rings (SSSR count). The molecule has 0 bridgehead atoms. The van der Waals surface area contributed by atoms with Gasteiger partial charge in [0.25, 0.3) is 0 Å².